The number of rotatable bonds is 17. The lowest BCUT2D eigenvalue weighted by molar-refractivity contribution is -0.757. The Bertz CT molecular complexity index is 1330. The van der Waals surface area contributed by atoms with Gasteiger partial charge < -0.3 is 24.5 Å². The molecule has 1 aromatic rings. The average molecular weight is 628 g/mol. The molecule has 1 aromatic carbocycles. The minimum atomic E-state index is -1.33. The van der Waals surface area contributed by atoms with Crippen LogP contribution in [0.2, 0.25) is 0 Å². The number of aliphatic carboxylic acids is 2. The predicted octanol–water partition coefficient (Wildman–Crippen LogP) is 6.23. The minimum Gasteiger partial charge on any atom is -0.478 e. The number of unbranched alkanes of at least 4 members (excludes halogenated alkanes) is 3. The van der Waals surface area contributed by atoms with Gasteiger partial charge in [-0.3, -0.25) is 0 Å². The third kappa shape index (κ3) is 12.0. The van der Waals surface area contributed by atoms with Gasteiger partial charge in [0.25, 0.3) is 5.09 Å². The second kappa shape index (κ2) is 16.9. The molecule has 2 atom stereocenters. The number of carboxylic acids is 2. The molecule has 0 spiro atoms. The maximum atomic E-state index is 12.8. The number of carbonyl (C=O) groups excluding carboxylic acids is 2. The molecule has 12 nitrogen and oxygen atoms in total. The summed E-state index contributed by atoms with van der Waals surface area (Å²) < 4.78 is 11.5. The van der Waals surface area contributed by atoms with Crippen LogP contribution >= 0.6 is 0 Å². The van der Waals surface area contributed by atoms with Crippen molar-refractivity contribution in [3.63, 3.8) is 0 Å². The van der Waals surface area contributed by atoms with E-state index in [1.807, 2.05) is 33.8 Å². The van der Waals surface area contributed by atoms with Crippen LogP contribution in [0.4, 0.5) is 0 Å². The van der Waals surface area contributed by atoms with Gasteiger partial charge in [0, 0.05) is 35.8 Å². The summed E-state index contributed by atoms with van der Waals surface area (Å²) in [7, 11) is 0. The van der Waals surface area contributed by atoms with Crippen LogP contribution in [0.1, 0.15) is 89.7 Å². The first kappa shape index (κ1) is 36.5. The van der Waals surface area contributed by atoms with Gasteiger partial charge in [-0.1, -0.05) is 56.9 Å². The van der Waals surface area contributed by atoms with Crippen molar-refractivity contribution in [3.05, 3.63) is 81.5 Å². The maximum Gasteiger partial charge on any atom is 0.336 e. The molecule has 0 saturated carbocycles. The zero-order valence-electron chi connectivity index (χ0n) is 26.1. The van der Waals surface area contributed by atoms with Crippen LogP contribution in [0.3, 0.4) is 0 Å². The molecule has 2 rings (SSSR count). The summed E-state index contributed by atoms with van der Waals surface area (Å²) in [6.45, 7) is 11.9. The molecule has 0 bridgehead atoms. The van der Waals surface area contributed by atoms with Crippen LogP contribution in [0.15, 0.2) is 60.2 Å². The van der Waals surface area contributed by atoms with Crippen LogP contribution in [0.5, 0.6) is 11.5 Å². The van der Waals surface area contributed by atoms with E-state index in [0.29, 0.717) is 36.1 Å². The van der Waals surface area contributed by atoms with E-state index in [9.17, 15) is 29.3 Å². The molecule has 2 N–H and O–H groups in total. The van der Waals surface area contributed by atoms with E-state index < -0.39 is 40.3 Å². The first-order valence-electron chi connectivity index (χ1n) is 14.6. The summed E-state index contributed by atoms with van der Waals surface area (Å²) in [5.74, 6) is -4.94. The number of ether oxygens (including phenoxy) is 2. The molecule has 0 amide bonds. The van der Waals surface area contributed by atoms with E-state index in [1.165, 1.54) is 0 Å². The van der Waals surface area contributed by atoms with Gasteiger partial charge in [-0.2, -0.15) is 0 Å². The summed E-state index contributed by atoms with van der Waals surface area (Å²) in [5, 5.41) is 27.6. The first-order chi connectivity index (χ1) is 21.1. The van der Waals surface area contributed by atoms with Crippen LogP contribution in [-0.2, 0) is 29.4 Å². The fraction of sp³-hybridized carbons (Fsp3) is 0.455. The summed E-state index contributed by atoms with van der Waals surface area (Å²) in [6, 6.07) is 3.37. The molecule has 0 heterocycles. The number of hydrogen-bond acceptors (Lipinski definition) is 9. The van der Waals surface area contributed by atoms with Crippen molar-refractivity contribution in [2.45, 2.75) is 84.0 Å². The second-order valence-corrected chi connectivity index (χ2v) is 11.7. The lowest BCUT2D eigenvalue weighted by Gasteiger charge is -2.34. The SMILES string of the molecule is C=C(C)[C@@H]1CCC(C)=C[C@H]1c1c(OC(=O)C=CC(=O)O)cc(C(C)(C)CCCCCCO[N+](=O)[O-])cc1OC(=O)C=CC(=O)O. The molecule has 244 valence electrons. The van der Waals surface area contributed by atoms with Gasteiger partial charge >= 0.3 is 23.9 Å². The Morgan fingerprint density at radius 3 is 2.00 bits per heavy atom. The topological polar surface area (TPSA) is 180 Å². The average Bonchev–Trinajstić information content (AvgIpc) is 2.94. The Hall–Kier alpha value is -4.74. The minimum absolute atomic E-state index is 0.0220. The molecule has 12 heteroatoms. The van der Waals surface area contributed by atoms with Gasteiger partial charge in [-0.15, -0.1) is 10.1 Å². The van der Waals surface area contributed by atoms with Crippen molar-refractivity contribution < 1.29 is 48.8 Å². The standard InChI is InChI=1S/C33H41NO11/c1-21(2)24-11-10-22(3)18-25(24)32-26(44-30(39)14-12-28(35)36)19-23(20-27(32)45-31(40)15-13-29(37)38)33(4,5)16-8-6-7-9-17-43-34(41)42/h12-15,18-20,24-25H,1,6-11,16-17H2,2-5H3,(H,35,36)(H,37,38)/t24-,25+/m0/s1. The molecule has 0 fully saturated rings. The van der Waals surface area contributed by atoms with Gasteiger partial charge in [0.2, 0.25) is 0 Å². The third-order valence-corrected chi connectivity index (χ3v) is 7.64. The smallest absolute Gasteiger partial charge is 0.336 e. The van der Waals surface area contributed by atoms with Crippen molar-refractivity contribution in [3.8, 4) is 11.5 Å². The van der Waals surface area contributed by atoms with Crippen LogP contribution in [0.25, 0.3) is 0 Å². The molecular weight excluding hydrogens is 586 g/mol. The third-order valence-electron chi connectivity index (χ3n) is 7.64. The second-order valence-electron chi connectivity index (χ2n) is 11.7. The quantitative estimate of drug-likeness (QED) is 0.0380. The monoisotopic (exact) mass is 627 g/mol. The predicted molar refractivity (Wildman–Crippen MR) is 164 cm³/mol. The highest BCUT2D eigenvalue weighted by atomic mass is 16.9. The highest BCUT2D eigenvalue weighted by Crippen LogP contribution is 2.49. The Morgan fingerprint density at radius 1 is 0.978 bits per heavy atom. The molecule has 0 aromatic heterocycles. The molecule has 1 aliphatic rings. The van der Waals surface area contributed by atoms with Crippen molar-refractivity contribution >= 4 is 23.9 Å². The number of nitrogens with zero attached hydrogens (tertiary/aromatic N) is 1. The van der Waals surface area contributed by atoms with Crippen LogP contribution in [0, 0.1) is 16.0 Å². The van der Waals surface area contributed by atoms with E-state index in [2.05, 4.69) is 11.4 Å². The molecule has 45 heavy (non-hydrogen) atoms. The summed E-state index contributed by atoms with van der Waals surface area (Å²) in [6.07, 6.45) is 9.86. The largest absolute Gasteiger partial charge is 0.478 e. The van der Waals surface area contributed by atoms with Gasteiger partial charge in [-0.05, 0) is 68.6 Å². The van der Waals surface area contributed by atoms with Gasteiger partial charge in [0.15, 0.2) is 0 Å². The molecule has 0 aliphatic heterocycles. The molecule has 1 aliphatic carbocycles. The summed E-state index contributed by atoms with van der Waals surface area (Å²) in [5.41, 5.74) is 2.42. The zero-order chi connectivity index (χ0) is 33.7. The molecular formula is C33H41NO11. The van der Waals surface area contributed by atoms with Crippen LogP contribution < -0.4 is 9.47 Å². The Balaban J connectivity index is 2.64. The van der Waals surface area contributed by atoms with Gasteiger partial charge in [-0.25, -0.2) is 19.2 Å². The summed E-state index contributed by atoms with van der Waals surface area (Å²) >= 11 is 0. The van der Waals surface area contributed by atoms with E-state index in [1.54, 1.807) is 12.1 Å². The Kier molecular flexibility index (Phi) is 13.7. The number of esters is 2. The lowest BCUT2D eigenvalue weighted by atomic mass is 9.72. The van der Waals surface area contributed by atoms with Crippen molar-refractivity contribution in [1.29, 1.82) is 0 Å². The lowest BCUT2D eigenvalue weighted by Crippen LogP contribution is -2.22. The van der Waals surface area contributed by atoms with E-state index >= 15 is 0 Å². The number of carboxylic acid groups (broad SMARTS) is 2. The van der Waals surface area contributed by atoms with Crippen LogP contribution in [-0.4, -0.2) is 45.8 Å². The van der Waals surface area contributed by atoms with E-state index in [4.69, 9.17) is 19.7 Å². The fourth-order valence-corrected chi connectivity index (χ4v) is 5.26. The number of hydrogen-bond donors (Lipinski definition) is 2. The highest BCUT2D eigenvalue weighted by Gasteiger charge is 2.34. The highest BCUT2D eigenvalue weighted by molar-refractivity contribution is 5.93. The fourth-order valence-electron chi connectivity index (χ4n) is 5.26. The molecule has 0 unspecified atom stereocenters. The van der Waals surface area contributed by atoms with Gasteiger partial charge in [0.1, 0.15) is 11.5 Å². The molecule has 0 radical (unpaired) electrons. The maximum absolute atomic E-state index is 12.8. The summed E-state index contributed by atoms with van der Waals surface area (Å²) in [4.78, 5) is 62.4. The van der Waals surface area contributed by atoms with Crippen molar-refractivity contribution in [2.24, 2.45) is 5.92 Å². The van der Waals surface area contributed by atoms with Gasteiger partial charge in [0.05, 0.1) is 6.61 Å². The Labute approximate surface area is 262 Å². The number of allylic oxidation sites excluding steroid dienone is 3. The first-order valence-corrected chi connectivity index (χ1v) is 14.6. The number of benzene rings is 1. The zero-order valence-corrected chi connectivity index (χ0v) is 26.1. The number of carbonyl (C=O) groups is 4. The van der Waals surface area contributed by atoms with Crippen molar-refractivity contribution in [2.75, 3.05) is 6.61 Å². The normalized spacial score (nSPS) is 16.7. The van der Waals surface area contributed by atoms with E-state index in [-0.39, 0.29) is 24.0 Å². The van der Waals surface area contributed by atoms with Crippen molar-refractivity contribution in [1.82, 2.24) is 0 Å². The Morgan fingerprint density at radius 2 is 1.51 bits per heavy atom. The van der Waals surface area contributed by atoms with E-state index in [0.717, 1.165) is 55.4 Å². The molecule has 0 saturated heterocycles.